The zero-order valence-corrected chi connectivity index (χ0v) is 10.9. The molecule has 2 heteroatoms. The molecule has 0 spiro atoms. The van der Waals surface area contributed by atoms with Crippen LogP contribution in [-0.2, 0) is 0 Å². The second-order valence-corrected chi connectivity index (χ2v) is 4.50. The van der Waals surface area contributed by atoms with Gasteiger partial charge in [0.05, 0.1) is 0 Å². The summed E-state index contributed by atoms with van der Waals surface area (Å²) in [5, 5.41) is 2.32. The Bertz CT molecular complexity index is 770. The standard InChI is InChI=1S/C18H13NO/c20-18(16-10-12-19-13-11-16)9-8-15-6-3-5-14-4-1-2-7-17(14)15/h1-13H/b9-8+. The highest BCUT2D eigenvalue weighted by atomic mass is 16.1. The molecule has 96 valence electrons. The van der Waals surface area contributed by atoms with Crippen molar-refractivity contribution in [1.82, 2.24) is 4.98 Å². The maximum atomic E-state index is 12.0. The van der Waals surface area contributed by atoms with Gasteiger partial charge in [-0.15, -0.1) is 0 Å². The number of hydrogen-bond acceptors (Lipinski definition) is 2. The fourth-order valence-electron chi connectivity index (χ4n) is 2.17. The van der Waals surface area contributed by atoms with E-state index in [0.29, 0.717) is 5.56 Å². The molecule has 0 saturated heterocycles. The molecule has 0 unspecified atom stereocenters. The molecule has 0 bridgehead atoms. The molecule has 1 aromatic heterocycles. The highest BCUT2D eigenvalue weighted by Crippen LogP contribution is 2.19. The van der Waals surface area contributed by atoms with E-state index in [0.717, 1.165) is 10.9 Å². The molecule has 0 saturated carbocycles. The fourth-order valence-corrected chi connectivity index (χ4v) is 2.17. The summed E-state index contributed by atoms with van der Waals surface area (Å²) in [5.41, 5.74) is 1.70. The number of allylic oxidation sites excluding steroid dienone is 1. The van der Waals surface area contributed by atoms with Crippen molar-refractivity contribution in [3.8, 4) is 0 Å². The average molecular weight is 259 g/mol. The van der Waals surface area contributed by atoms with Gasteiger partial charge in [0.15, 0.2) is 5.78 Å². The Hall–Kier alpha value is -2.74. The second-order valence-electron chi connectivity index (χ2n) is 4.50. The van der Waals surface area contributed by atoms with E-state index >= 15 is 0 Å². The van der Waals surface area contributed by atoms with Gasteiger partial charge in [-0.2, -0.15) is 0 Å². The Morgan fingerprint density at radius 2 is 1.65 bits per heavy atom. The van der Waals surface area contributed by atoms with Gasteiger partial charge in [-0.25, -0.2) is 0 Å². The minimum absolute atomic E-state index is 0.0136. The summed E-state index contributed by atoms with van der Waals surface area (Å²) in [6.07, 6.45) is 6.72. The largest absolute Gasteiger partial charge is 0.289 e. The average Bonchev–Trinajstić information content (AvgIpc) is 2.53. The molecule has 0 aliphatic rings. The maximum Gasteiger partial charge on any atom is 0.185 e. The molecule has 3 aromatic rings. The zero-order valence-electron chi connectivity index (χ0n) is 10.9. The van der Waals surface area contributed by atoms with Gasteiger partial charge in [0, 0.05) is 18.0 Å². The lowest BCUT2D eigenvalue weighted by molar-refractivity contribution is 0.104. The normalized spacial score (nSPS) is 11.0. The van der Waals surface area contributed by atoms with Crippen LogP contribution in [0.2, 0.25) is 0 Å². The van der Waals surface area contributed by atoms with Crippen molar-refractivity contribution < 1.29 is 4.79 Å². The van der Waals surface area contributed by atoms with Crippen LogP contribution in [0.3, 0.4) is 0 Å². The third-order valence-electron chi connectivity index (χ3n) is 3.20. The number of aromatic nitrogens is 1. The van der Waals surface area contributed by atoms with E-state index in [1.807, 2.05) is 30.3 Å². The predicted octanol–water partition coefficient (Wildman–Crippen LogP) is 4.13. The molecular weight excluding hydrogens is 246 g/mol. The fraction of sp³-hybridized carbons (Fsp3) is 0. The number of fused-ring (bicyclic) bond motifs is 1. The molecule has 0 N–H and O–H groups in total. The molecule has 0 radical (unpaired) electrons. The second kappa shape index (κ2) is 5.49. The van der Waals surface area contributed by atoms with Crippen molar-refractivity contribution in [3.05, 3.63) is 84.2 Å². The summed E-state index contributed by atoms with van der Waals surface area (Å²) < 4.78 is 0. The van der Waals surface area contributed by atoms with Gasteiger partial charge in [-0.3, -0.25) is 9.78 Å². The molecule has 0 amide bonds. The minimum Gasteiger partial charge on any atom is -0.289 e. The first-order chi connectivity index (χ1) is 9.84. The molecule has 3 rings (SSSR count). The lowest BCUT2D eigenvalue weighted by Crippen LogP contribution is -1.93. The lowest BCUT2D eigenvalue weighted by atomic mass is 10.0. The van der Waals surface area contributed by atoms with Gasteiger partial charge in [0.25, 0.3) is 0 Å². The zero-order chi connectivity index (χ0) is 13.8. The van der Waals surface area contributed by atoms with Gasteiger partial charge in [-0.05, 0) is 34.5 Å². The molecule has 20 heavy (non-hydrogen) atoms. The van der Waals surface area contributed by atoms with Crippen molar-refractivity contribution in [1.29, 1.82) is 0 Å². The predicted molar refractivity (Wildman–Crippen MR) is 81.5 cm³/mol. The van der Waals surface area contributed by atoms with E-state index in [-0.39, 0.29) is 5.78 Å². The van der Waals surface area contributed by atoms with E-state index in [2.05, 4.69) is 23.2 Å². The van der Waals surface area contributed by atoms with E-state index < -0.39 is 0 Å². The molecule has 2 nitrogen and oxygen atoms in total. The molecule has 0 atom stereocenters. The molecular formula is C18H13NO. The van der Waals surface area contributed by atoms with Crippen LogP contribution in [0, 0.1) is 0 Å². The smallest absolute Gasteiger partial charge is 0.185 e. The van der Waals surface area contributed by atoms with Crippen molar-refractivity contribution in [2.24, 2.45) is 0 Å². The number of ketones is 1. The number of rotatable bonds is 3. The van der Waals surface area contributed by atoms with Crippen molar-refractivity contribution in [3.63, 3.8) is 0 Å². The first kappa shape index (κ1) is 12.3. The van der Waals surface area contributed by atoms with Crippen LogP contribution in [0.5, 0.6) is 0 Å². The van der Waals surface area contributed by atoms with Crippen molar-refractivity contribution >= 4 is 22.6 Å². The highest BCUT2D eigenvalue weighted by molar-refractivity contribution is 6.07. The van der Waals surface area contributed by atoms with Crippen LogP contribution >= 0.6 is 0 Å². The minimum atomic E-state index is -0.0136. The van der Waals surface area contributed by atoms with Crippen molar-refractivity contribution in [2.75, 3.05) is 0 Å². The first-order valence-electron chi connectivity index (χ1n) is 6.45. The number of hydrogen-bond donors (Lipinski definition) is 0. The lowest BCUT2D eigenvalue weighted by Gasteiger charge is -2.01. The molecule has 2 aromatic carbocycles. The monoisotopic (exact) mass is 259 g/mol. The Morgan fingerprint density at radius 3 is 2.50 bits per heavy atom. The van der Waals surface area contributed by atoms with Gasteiger partial charge in [-0.1, -0.05) is 48.5 Å². The number of nitrogens with zero attached hydrogens (tertiary/aromatic N) is 1. The maximum absolute atomic E-state index is 12.0. The van der Waals surface area contributed by atoms with E-state index in [9.17, 15) is 4.79 Å². The number of benzene rings is 2. The van der Waals surface area contributed by atoms with Crippen LogP contribution in [-0.4, -0.2) is 10.8 Å². The third kappa shape index (κ3) is 2.50. The van der Waals surface area contributed by atoms with Crippen LogP contribution in [0.25, 0.3) is 16.8 Å². The van der Waals surface area contributed by atoms with Gasteiger partial charge >= 0.3 is 0 Å². The van der Waals surface area contributed by atoms with Gasteiger partial charge in [0.2, 0.25) is 0 Å². The topological polar surface area (TPSA) is 30.0 Å². The summed E-state index contributed by atoms with van der Waals surface area (Å²) in [4.78, 5) is 16.0. The van der Waals surface area contributed by atoms with Crippen LogP contribution in [0.4, 0.5) is 0 Å². The summed E-state index contributed by atoms with van der Waals surface area (Å²) in [7, 11) is 0. The third-order valence-corrected chi connectivity index (χ3v) is 3.20. The first-order valence-corrected chi connectivity index (χ1v) is 6.45. The van der Waals surface area contributed by atoms with Gasteiger partial charge < -0.3 is 0 Å². The quantitative estimate of drug-likeness (QED) is 0.523. The summed E-state index contributed by atoms with van der Waals surface area (Å²) in [6, 6.07) is 17.7. The summed E-state index contributed by atoms with van der Waals surface area (Å²) >= 11 is 0. The van der Waals surface area contributed by atoms with E-state index in [1.165, 1.54) is 5.39 Å². The van der Waals surface area contributed by atoms with Crippen LogP contribution < -0.4 is 0 Å². The molecule has 1 heterocycles. The Labute approximate surface area is 117 Å². The Balaban J connectivity index is 1.94. The van der Waals surface area contributed by atoms with Crippen LogP contribution in [0.15, 0.2) is 73.1 Å². The Kier molecular flexibility index (Phi) is 3.38. The van der Waals surface area contributed by atoms with Crippen LogP contribution in [0.1, 0.15) is 15.9 Å². The summed E-state index contributed by atoms with van der Waals surface area (Å²) in [5.74, 6) is -0.0136. The molecule has 0 aliphatic carbocycles. The molecule has 0 aliphatic heterocycles. The highest BCUT2D eigenvalue weighted by Gasteiger charge is 2.01. The number of pyridine rings is 1. The number of carbonyl (C=O) groups excluding carboxylic acids is 1. The molecule has 0 fully saturated rings. The number of carbonyl (C=O) groups is 1. The van der Waals surface area contributed by atoms with E-state index in [4.69, 9.17) is 0 Å². The van der Waals surface area contributed by atoms with Gasteiger partial charge in [0.1, 0.15) is 0 Å². The summed E-state index contributed by atoms with van der Waals surface area (Å²) in [6.45, 7) is 0. The Morgan fingerprint density at radius 1 is 0.900 bits per heavy atom. The van der Waals surface area contributed by atoms with Crippen molar-refractivity contribution in [2.45, 2.75) is 0 Å². The van der Waals surface area contributed by atoms with E-state index in [1.54, 1.807) is 30.6 Å². The SMILES string of the molecule is O=C(/C=C/c1cccc2ccccc12)c1ccncc1.